The van der Waals surface area contributed by atoms with Crippen LogP contribution >= 0.6 is 0 Å². The fourth-order valence-corrected chi connectivity index (χ4v) is 2.27. The zero-order valence-electron chi connectivity index (χ0n) is 11.8. The topological polar surface area (TPSA) is 23.6 Å². The maximum absolute atomic E-state index is 12.0. The van der Waals surface area contributed by atoms with Crippen LogP contribution in [0.15, 0.2) is 30.3 Å². The minimum absolute atomic E-state index is 0.136. The normalized spacial score (nSPS) is 15.8. The molecule has 0 atom stereocenters. The van der Waals surface area contributed by atoms with E-state index in [4.69, 9.17) is 0 Å². The van der Waals surface area contributed by atoms with Crippen LogP contribution in [0.2, 0.25) is 0 Å². The van der Waals surface area contributed by atoms with Crippen LogP contribution in [0, 0.1) is 0 Å². The number of piperidine rings is 1. The Morgan fingerprint density at radius 2 is 1.74 bits per heavy atom. The molecule has 0 radical (unpaired) electrons. The average Bonchev–Trinajstić information content (AvgIpc) is 2.46. The van der Waals surface area contributed by atoms with Crippen molar-refractivity contribution in [2.75, 3.05) is 32.1 Å². The highest BCUT2D eigenvalue weighted by atomic mass is 16.2. The van der Waals surface area contributed by atoms with Gasteiger partial charge in [0.1, 0.15) is 0 Å². The quantitative estimate of drug-likeness (QED) is 0.778. The van der Waals surface area contributed by atoms with Gasteiger partial charge in [0.15, 0.2) is 0 Å². The summed E-state index contributed by atoms with van der Waals surface area (Å²) >= 11 is 0. The summed E-state index contributed by atoms with van der Waals surface area (Å²) in [5, 5.41) is 0. The lowest BCUT2D eigenvalue weighted by Gasteiger charge is -2.25. The van der Waals surface area contributed by atoms with E-state index < -0.39 is 0 Å². The molecule has 1 aliphatic rings. The molecule has 1 heterocycles. The van der Waals surface area contributed by atoms with Crippen molar-refractivity contribution in [3.8, 4) is 0 Å². The van der Waals surface area contributed by atoms with Crippen molar-refractivity contribution in [1.29, 1.82) is 0 Å². The Morgan fingerprint density at radius 3 is 2.32 bits per heavy atom. The monoisotopic (exact) mass is 258 g/mol. The van der Waals surface area contributed by atoms with Crippen LogP contribution in [0.3, 0.4) is 0 Å². The molecular weight excluding hydrogens is 236 g/mol. The van der Waals surface area contributed by atoms with Crippen LogP contribution in [0.5, 0.6) is 0 Å². The Labute approximate surface area is 115 Å². The number of benzene rings is 1. The van der Waals surface area contributed by atoms with Crippen LogP contribution in [-0.4, -0.2) is 38.0 Å². The van der Waals surface area contributed by atoms with E-state index in [1.165, 1.54) is 12.1 Å². The van der Waals surface area contributed by atoms with Crippen molar-refractivity contribution in [3.63, 3.8) is 0 Å². The Kier molecular flexibility index (Phi) is 4.61. The molecule has 1 saturated heterocycles. The van der Waals surface area contributed by atoms with E-state index >= 15 is 0 Å². The van der Waals surface area contributed by atoms with Crippen LogP contribution in [-0.2, 0) is 4.79 Å². The molecule has 1 fully saturated rings. The number of hydrogen-bond acceptors (Lipinski definition) is 2. The van der Waals surface area contributed by atoms with Gasteiger partial charge in [-0.25, -0.2) is 0 Å². The molecule has 3 heteroatoms. The van der Waals surface area contributed by atoms with Gasteiger partial charge in [0, 0.05) is 38.9 Å². The summed E-state index contributed by atoms with van der Waals surface area (Å²) in [6, 6.07) is 8.20. The molecule has 19 heavy (non-hydrogen) atoms. The first-order valence-corrected chi connectivity index (χ1v) is 6.91. The van der Waals surface area contributed by atoms with Gasteiger partial charge < -0.3 is 9.80 Å². The number of carbonyl (C=O) groups is 1. The second-order valence-electron chi connectivity index (χ2n) is 5.21. The maximum atomic E-state index is 12.0. The van der Waals surface area contributed by atoms with Crippen molar-refractivity contribution in [2.45, 2.75) is 19.3 Å². The average molecular weight is 258 g/mol. The van der Waals surface area contributed by atoms with E-state index in [0.717, 1.165) is 31.5 Å². The summed E-state index contributed by atoms with van der Waals surface area (Å²) in [6.45, 7) is 1.81. The smallest absolute Gasteiger partial charge is 0.246 e. The highest BCUT2D eigenvalue weighted by Crippen LogP contribution is 2.14. The fraction of sp³-hybridized carbons (Fsp3) is 0.438. The standard InChI is InChI=1S/C16H22N2O/c1-17(2)15-9-6-14(7-10-15)8-11-16(19)18-12-4-3-5-13-18/h6-11H,3-5,12-13H2,1-2H3/b11-8-. The lowest BCUT2D eigenvalue weighted by atomic mass is 10.1. The van der Waals surface area contributed by atoms with Crippen LogP contribution in [0.4, 0.5) is 5.69 Å². The molecule has 0 aromatic heterocycles. The van der Waals surface area contributed by atoms with Crippen LogP contribution in [0.25, 0.3) is 6.08 Å². The first kappa shape index (κ1) is 13.7. The first-order valence-electron chi connectivity index (χ1n) is 6.91. The van der Waals surface area contributed by atoms with Gasteiger partial charge in [-0.2, -0.15) is 0 Å². The number of hydrogen-bond donors (Lipinski definition) is 0. The number of likely N-dealkylation sites (tertiary alicyclic amines) is 1. The van der Waals surface area contributed by atoms with Gasteiger partial charge in [0.05, 0.1) is 0 Å². The van der Waals surface area contributed by atoms with E-state index in [1.54, 1.807) is 6.08 Å². The Balaban J connectivity index is 1.95. The molecule has 1 aromatic carbocycles. The van der Waals surface area contributed by atoms with E-state index in [1.807, 2.05) is 37.2 Å². The Morgan fingerprint density at radius 1 is 1.11 bits per heavy atom. The SMILES string of the molecule is CN(C)c1ccc(/C=C\C(=O)N2CCCCC2)cc1. The summed E-state index contributed by atoms with van der Waals surface area (Å²) in [7, 11) is 4.04. The summed E-state index contributed by atoms with van der Waals surface area (Å²) in [5.74, 6) is 0.136. The number of carbonyl (C=O) groups excluding carboxylic acids is 1. The van der Waals surface area contributed by atoms with Gasteiger partial charge in [-0.3, -0.25) is 4.79 Å². The molecule has 2 rings (SSSR count). The van der Waals surface area contributed by atoms with Crippen molar-refractivity contribution < 1.29 is 4.79 Å². The van der Waals surface area contributed by atoms with Crippen molar-refractivity contribution in [1.82, 2.24) is 4.90 Å². The van der Waals surface area contributed by atoms with E-state index in [0.29, 0.717) is 0 Å². The summed E-state index contributed by atoms with van der Waals surface area (Å²) in [4.78, 5) is 16.0. The molecule has 1 amide bonds. The predicted molar refractivity (Wildman–Crippen MR) is 80.2 cm³/mol. The maximum Gasteiger partial charge on any atom is 0.246 e. The lowest BCUT2D eigenvalue weighted by Crippen LogP contribution is -2.34. The predicted octanol–water partition coefficient (Wildman–Crippen LogP) is 2.78. The second-order valence-corrected chi connectivity index (χ2v) is 5.21. The van der Waals surface area contributed by atoms with E-state index in [9.17, 15) is 4.79 Å². The number of nitrogens with zero attached hydrogens (tertiary/aromatic N) is 2. The van der Waals surface area contributed by atoms with Gasteiger partial charge in [0.25, 0.3) is 0 Å². The van der Waals surface area contributed by atoms with Crippen molar-refractivity contribution in [3.05, 3.63) is 35.9 Å². The molecule has 3 nitrogen and oxygen atoms in total. The highest BCUT2D eigenvalue weighted by molar-refractivity contribution is 5.91. The number of amides is 1. The minimum atomic E-state index is 0.136. The third kappa shape index (κ3) is 3.85. The molecule has 1 aliphatic heterocycles. The van der Waals surface area contributed by atoms with Crippen LogP contribution < -0.4 is 4.90 Å². The summed E-state index contributed by atoms with van der Waals surface area (Å²) in [6.07, 6.45) is 7.11. The van der Waals surface area contributed by atoms with Gasteiger partial charge in [-0.05, 0) is 43.0 Å². The highest BCUT2D eigenvalue weighted by Gasteiger charge is 2.13. The molecule has 0 aliphatic carbocycles. The zero-order chi connectivity index (χ0) is 13.7. The van der Waals surface area contributed by atoms with E-state index in [-0.39, 0.29) is 5.91 Å². The van der Waals surface area contributed by atoms with Gasteiger partial charge >= 0.3 is 0 Å². The van der Waals surface area contributed by atoms with Gasteiger partial charge in [-0.15, -0.1) is 0 Å². The first-order chi connectivity index (χ1) is 9.16. The molecule has 0 N–H and O–H groups in total. The summed E-state index contributed by atoms with van der Waals surface area (Å²) in [5.41, 5.74) is 2.23. The third-order valence-corrected chi connectivity index (χ3v) is 3.50. The third-order valence-electron chi connectivity index (χ3n) is 3.50. The van der Waals surface area contributed by atoms with E-state index in [2.05, 4.69) is 17.0 Å². The summed E-state index contributed by atoms with van der Waals surface area (Å²) < 4.78 is 0. The number of rotatable bonds is 3. The number of anilines is 1. The lowest BCUT2D eigenvalue weighted by molar-refractivity contribution is -0.126. The largest absolute Gasteiger partial charge is 0.378 e. The molecule has 0 spiro atoms. The van der Waals surface area contributed by atoms with Gasteiger partial charge in [0.2, 0.25) is 5.91 Å². The Bertz CT molecular complexity index is 442. The van der Waals surface area contributed by atoms with Crippen molar-refractivity contribution in [2.24, 2.45) is 0 Å². The molecular formula is C16H22N2O. The fourth-order valence-electron chi connectivity index (χ4n) is 2.27. The minimum Gasteiger partial charge on any atom is -0.378 e. The van der Waals surface area contributed by atoms with Crippen molar-refractivity contribution >= 4 is 17.7 Å². The molecule has 102 valence electrons. The van der Waals surface area contributed by atoms with Gasteiger partial charge in [-0.1, -0.05) is 12.1 Å². The Hall–Kier alpha value is -1.77. The molecule has 0 bridgehead atoms. The second kappa shape index (κ2) is 6.41. The van der Waals surface area contributed by atoms with Crippen LogP contribution in [0.1, 0.15) is 24.8 Å². The molecule has 0 saturated carbocycles. The molecule has 0 unspecified atom stereocenters. The molecule has 1 aromatic rings. The zero-order valence-corrected chi connectivity index (χ0v) is 11.8.